The Morgan fingerprint density at radius 2 is 2.10 bits per heavy atom. The van der Waals surface area contributed by atoms with Gasteiger partial charge >= 0.3 is 0 Å². The molecule has 2 N–H and O–H groups in total. The molecule has 3 rings (SSSR count). The second kappa shape index (κ2) is 5.38. The summed E-state index contributed by atoms with van der Waals surface area (Å²) in [4.78, 5) is 8.81. The normalized spacial score (nSPS) is 12.7. The third kappa shape index (κ3) is 2.40. The Morgan fingerprint density at radius 1 is 1.25 bits per heavy atom. The molecule has 0 aliphatic heterocycles. The average molecular weight is 268 g/mol. The Kier molecular flexibility index (Phi) is 3.43. The highest BCUT2D eigenvalue weighted by Gasteiger charge is 2.14. The molecule has 0 aliphatic carbocycles. The second-order valence-electron chi connectivity index (χ2n) is 4.77. The molecule has 0 amide bonds. The van der Waals surface area contributed by atoms with Crippen LogP contribution < -0.4 is 5.73 Å². The first-order valence-corrected chi connectivity index (χ1v) is 6.70. The number of benzene rings is 1. The molecule has 0 radical (unpaired) electrons. The number of nitrogens with two attached hydrogens (primary N) is 1. The van der Waals surface area contributed by atoms with Crippen LogP contribution in [0, 0.1) is 0 Å². The van der Waals surface area contributed by atoms with Gasteiger partial charge in [0.25, 0.3) is 5.89 Å². The lowest BCUT2D eigenvalue weighted by molar-refractivity contribution is 0.419. The molecule has 2 aromatic heterocycles. The Hall–Kier alpha value is -2.27. The molecule has 0 spiro atoms. The number of aromatic nitrogens is 3. The van der Waals surface area contributed by atoms with Gasteiger partial charge in [-0.05, 0) is 18.6 Å². The predicted molar refractivity (Wildman–Crippen MR) is 77.0 cm³/mol. The van der Waals surface area contributed by atoms with Crippen LogP contribution in [0.4, 0.5) is 0 Å². The van der Waals surface area contributed by atoms with Crippen molar-refractivity contribution >= 4 is 10.9 Å². The van der Waals surface area contributed by atoms with Crippen LogP contribution in [0.3, 0.4) is 0 Å². The van der Waals surface area contributed by atoms with Crippen molar-refractivity contribution in [1.82, 2.24) is 15.1 Å². The van der Waals surface area contributed by atoms with E-state index in [1.807, 2.05) is 37.3 Å². The molecule has 0 saturated carbocycles. The van der Waals surface area contributed by atoms with Crippen molar-refractivity contribution in [1.29, 1.82) is 0 Å². The molecule has 0 saturated heterocycles. The number of para-hydroxylation sites is 1. The molecule has 2 heterocycles. The first kappa shape index (κ1) is 12.7. The summed E-state index contributed by atoms with van der Waals surface area (Å²) in [5.41, 5.74) is 7.63. The molecule has 0 bridgehead atoms. The largest absolute Gasteiger partial charge is 0.334 e. The third-order valence-corrected chi connectivity index (χ3v) is 3.30. The van der Waals surface area contributed by atoms with Crippen LogP contribution in [0.25, 0.3) is 22.4 Å². The van der Waals surface area contributed by atoms with E-state index in [4.69, 9.17) is 10.3 Å². The Morgan fingerprint density at radius 3 is 2.95 bits per heavy atom. The molecular weight excluding hydrogens is 252 g/mol. The van der Waals surface area contributed by atoms with E-state index in [0.717, 1.165) is 22.9 Å². The molecule has 1 atom stereocenters. The van der Waals surface area contributed by atoms with Crippen molar-refractivity contribution in [2.75, 3.05) is 0 Å². The van der Waals surface area contributed by atoms with Crippen LogP contribution in [0.15, 0.2) is 41.1 Å². The van der Waals surface area contributed by atoms with E-state index in [1.54, 1.807) is 6.20 Å². The molecular formula is C15H16N4O. The second-order valence-corrected chi connectivity index (χ2v) is 4.77. The standard InChI is InChI=1S/C15H16N4O/c1-2-11(16)9-13-18-15(20-19-13)12-7-3-5-10-6-4-8-17-14(10)12/h3-8,11H,2,9,16H2,1H3. The highest BCUT2D eigenvalue weighted by molar-refractivity contribution is 5.91. The molecule has 0 fully saturated rings. The van der Waals surface area contributed by atoms with E-state index in [9.17, 15) is 0 Å². The number of fused-ring (bicyclic) bond motifs is 1. The summed E-state index contributed by atoms with van der Waals surface area (Å²) in [6.07, 6.45) is 3.27. The molecule has 1 unspecified atom stereocenters. The number of hydrogen-bond donors (Lipinski definition) is 1. The van der Waals surface area contributed by atoms with Crippen LogP contribution in [-0.4, -0.2) is 21.2 Å². The van der Waals surface area contributed by atoms with E-state index < -0.39 is 0 Å². The molecule has 102 valence electrons. The van der Waals surface area contributed by atoms with Crippen molar-refractivity contribution in [3.8, 4) is 11.5 Å². The van der Waals surface area contributed by atoms with Crippen molar-refractivity contribution in [3.63, 3.8) is 0 Å². The van der Waals surface area contributed by atoms with Crippen molar-refractivity contribution in [2.24, 2.45) is 5.73 Å². The fraction of sp³-hybridized carbons (Fsp3) is 0.267. The fourth-order valence-electron chi connectivity index (χ4n) is 2.10. The minimum Gasteiger partial charge on any atom is -0.334 e. The number of hydrogen-bond acceptors (Lipinski definition) is 5. The van der Waals surface area contributed by atoms with Gasteiger partial charge in [-0.1, -0.05) is 30.3 Å². The molecule has 5 heteroatoms. The maximum atomic E-state index is 5.91. The first-order chi connectivity index (χ1) is 9.78. The summed E-state index contributed by atoms with van der Waals surface area (Å²) < 4.78 is 5.35. The van der Waals surface area contributed by atoms with Crippen LogP contribution in [0.1, 0.15) is 19.2 Å². The van der Waals surface area contributed by atoms with Crippen LogP contribution in [0.5, 0.6) is 0 Å². The summed E-state index contributed by atoms with van der Waals surface area (Å²) in [5, 5.41) is 5.04. The van der Waals surface area contributed by atoms with Gasteiger partial charge in [-0.15, -0.1) is 0 Å². The van der Waals surface area contributed by atoms with Gasteiger partial charge in [0.05, 0.1) is 11.1 Å². The lowest BCUT2D eigenvalue weighted by atomic mass is 10.1. The lowest BCUT2D eigenvalue weighted by Crippen LogP contribution is -2.21. The van der Waals surface area contributed by atoms with E-state index in [0.29, 0.717) is 18.1 Å². The lowest BCUT2D eigenvalue weighted by Gasteiger charge is -2.03. The zero-order valence-electron chi connectivity index (χ0n) is 11.3. The highest BCUT2D eigenvalue weighted by Crippen LogP contribution is 2.25. The zero-order valence-corrected chi connectivity index (χ0v) is 11.3. The van der Waals surface area contributed by atoms with Crippen molar-refractivity contribution in [2.45, 2.75) is 25.8 Å². The summed E-state index contributed by atoms with van der Waals surface area (Å²) in [7, 11) is 0. The Bertz CT molecular complexity index is 717. The number of pyridine rings is 1. The topological polar surface area (TPSA) is 77.8 Å². The van der Waals surface area contributed by atoms with Gasteiger partial charge in [0.15, 0.2) is 5.82 Å². The molecule has 20 heavy (non-hydrogen) atoms. The third-order valence-electron chi connectivity index (χ3n) is 3.30. The predicted octanol–water partition coefficient (Wildman–Crippen LogP) is 2.56. The molecule has 3 aromatic rings. The average Bonchev–Trinajstić information content (AvgIpc) is 2.94. The summed E-state index contributed by atoms with van der Waals surface area (Å²) >= 11 is 0. The summed E-state index contributed by atoms with van der Waals surface area (Å²) in [6.45, 7) is 2.04. The molecule has 5 nitrogen and oxygen atoms in total. The van der Waals surface area contributed by atoms with Gasteiger partial charge in [0, 0.05) is 24.0 Å². The summed E-state index contributed by atoms with van der Waals surface area (Å²) in [5.74, 6) is 1.13. The van der Waals surface area contributed by atoms with Crippen LogP contribution >= 0.6 is 0 Å². The van der Waals surface area contributed by atoms with Gasteiger partial charge in [-0.3, -0.25) is 4.98 Å². The molecule has 0 aliphatic rings. The highest BCUT2D eigenvalue weighted by atomic mass is 16.5. The quantitative estimate of drug-likeness (QED) is 0.786. The minimum atomic E-state index is 0.0612. The SMILES string of the molecule is CCC(N)Cc1noc(-c2cccc3cccnc23)n1. The zero-order chi connectivity index (χ0) is 13.9. The van der Waals surface area contributed by atoms with Gasteiger partial charge < -0.3 is 10.3 Å². The maximum absolute atomic E-state index is 5.91. The van der Waals surface area contributed by atoms with Crippen molar-refractivity contribution < 1.29 is 4.52 Å². The number of rotatable bonds is 4. The van der Waals surface area contributed by atoms with E-state index in [2.05, 4.69) is 15.1 Å². The van der Waals surface area contributed by atoms with E-state index in [-0.39, 0.29) is 6.04 Å². The first-order valence-electron chi connectivity index (χ1n) is 6.70. The van der Waals surface area contributed by atoms with E-state index >= 15 is 0 Å². The summed E-state index contributed by atoms with van der Waals surface area (Å²) in [6, 6.07) is 9.89. The van der Waals surface area contributed by atoms with Gasteiger partial charge in [-0.25, -0.2) is 0 Å². The molecule has 1 aromatic carbocycles. The number of nitrogens with zero attached hydrogens (tertiary/aromatic N) is 3. The van der Waals surface area contributed by atoms with Gasteiger partial charge in [0.2, 0.25) is 0 Å². The maximum Gasteiger partial charge on any atom is 0.260 e. The van der Waals surface area contributed by atoms with Crippen LogP contribution in [-0.2, 0) is 6.42 Å². The van der Waals surface area contributed by atoms with Crippen LogP contribution in [0.2, 0.25) is 0 Å². The Labute approximate surface area is 116 Å². The minimum absolute atomic E-state index is 0.0612. The van der Waals surface area contributed by atoms with Gasteiger partial charge in [-0.2, -0.15) is 4.98 Å². The monoisotopic (exact) mass is 268 g/mol. The Balaban J connectivity index is 1.99. The van der Waals surface area contributed by atoms with Gasteiger partial charge in [0.1, 0.15) is 0 Å². The van der Waals surface area contributed by atoms with E-state index in [1.165, 1.54) is 0 Å². The van der Waals surface area contributed by atoms with Crippen molar-refractivity contribution in [3.05, 3.63) is 42.4 Å². The smallest absolute Gasteiger partial charge is 0.260 e. The fourth-order valence-corrected chi connectivity index (χ4v) is 2.10.